The smallest absolute Gasteiger partial charge is 0.308 e. The number of hydrogen-bond acceptors (Lipinski definition) is 8. The Labute approximate surface area is 157 Å². The highest BCUT2D eigenvalue weighted by atomic mass is 32.2. The first-order chi connectivity index (χ1) is 12.7. The molecule has 0 saturated heterocycles. The van der Waals surface area contributed by atoms with Crippen LogP contribution in [-0.2, 0) is 14.8 Å². The molecular formula is C17H21NO8S. The number of esters is 1. The van der Waals surface area contributed by atoms with Gasteiger partial charge in [0.15, 0.2) is 5.76 Å². The lowest BCUT2D eigenvalue weighted by atomic mass is 10.1. The molecule has 0 aliphatic heterocycles. The molecule has 1 N–H and O–H groups in total. The van der Waals surface area contributed by atoms with E-state index >= 15 is 0 Å². The molecule has 1 aromatic carbocycles. The van der Waals surface area contributed by atoms with Crippen LogP contribution in [0.1, 0.15) is 13.8 Å². The van der Waals surface area contributed by atoms with Crippen LogP contribution in [0, 0.1) is 0 Å². The van der Waals surface area contributed by atoms with E-state index in [4.69, 9.17) is 18.6 Å². The molecule has 0 bridgehead atoms. The van der Waals surface area contributed by atoms with Crippen LogP contribution in [0.5, 0.6) is 23.0 Å². The number of rotatable bonds is 7. The SMILES string of the molecule is CCS(=O)(=O)N(C)c1oc(-c2c(OC)cccc2OC)c(O)c1OC(C)=O. The van der Waals surface area contributed by atoms with Crippen LogP contribution >= 0.6 is 0 Å². The normalized spacial score (nSPS) is 11.1. The topological polar surface area (TPSA) is 116 Å². The molecule has 0 aliphatic rings. The van der Waals surface area contributed by atoms with Gasteiger partial charge in [-0.3, -0.25) is 4.79 Å². The molecule has 0 spiro atoms. The van der Waals surface area contributed by atoms with Crippen molar-refractivity contribution in [2.24, 2.45) is 0 Å². The Hall–Kier alpha value is -2.88. The molecule has 0 amide bonds. The number of furan rings is 1. The van der Waals surface area contributed by atoms with Gasteiger partial charge in [0, 0.05) is 14.0 Å². The molecule has 2 rings (SSSR count). The van der Waals surface area contributed by atoms with Crippen molar-refractivity contribution >= 4 is 21.9 Å². The third-order valence-corrected chi connectivity index (χ3v) is 5.52. The third kappa shape index (κ3) is 3.80. The fourth-order valence-electron chi connectivity index (χ4n) is 2.40. The molecule has 0 atom stereocenters. The summed E-state index contributed by atoms with van der Waals surface area (Å²) < 4.78 is 46.5. The maximum Gasteiger partial charge on any atom is 0.308 e. The monoisotopic (exact) mass is 399 g/mol. The highest BCUT2D eigenvalue weighted by Gasteiger charge is 2.33. The van der Waals surface area contributed by atoms with Gasteiger partial charge in [0.2, 0.25) is 21.5 Å². The standard InChI is InChI=1S/C17H21NO8S/c1-6-27(21,22)18(3)17-16(25-10(2)19)14(20)15(26-17)13-11(23-4)8-7-9-12(13)24-5/h7-9,20H,6H2,1-5H3. The van der Waals surface area contributed by atoms with Gasteiger partial charge < -0.3 is 23.7 Å². The lowest BCUT2D eigenvalue weighted by Gasteiger charge is -2.16. The summed E-state index contributed by atoms with van der Waals surface area (Å²) in [4.78, 5) is 11.5. The largest absolute Gasteiger partial charge is 0.502 e. The zero-order valence-corrected chi connectivity index (χ0v) is 16.4. The second-order valence-electron chi connectivity index (χ2n) is 5.41. The van der Waals surface area contributed by atoms with Gasteiger partial charge in [-0.15, -0.1) is 0 Å². The van der Waals surface area contributed by atoms with E-state index in [-0.39, 0.29) is 23.0 Å². The molecule has 0 aliphatic carbocycles. The number of sulfonamides is 1. The summed E-state index contributed by atoms with van der Waals surface area (Å²) in [5.41, 5.74) is 0.238. The van der Waals surface area contributed by atoms with Gasteiger partial charge in [-0.05, 0) is 19.1 Å². The van der Waals surface area contributed by atoms with Crippen molar-refractivity contribution in [3.63, 3.8) is 0 Å². The van der Waals surface area contributed by atoms with Crippen molar-refractivity contribution in [3.8, 4) is 34.3 Å². The fraction of sp³-hybridized carbons (Fsp3) is 0.353. The molecule has 0 saturated carbocycles. The lowest BCUT2D eigenvalue weighted by Crippen LogP contribution is -2.28. The van der Waals surface area contributed by atoms with Crippen LogP contribution in [0.2, 0.25) is 0 Å². The summed E-state index contributed by atoms with van der Waals surface area (Å²) >= 11 is 0. The molecular weight excluding hydrogens is 378 g/mol. The number of benzene rings is 1. The lowest BCUT2D eigenvalue weighted by molar-refractivity contribution is -0.132. The third-order valence-electron chi connectivity index (χ3n) is 3.79. The van der Waals surface area contributed by atoms with Crippen molar-refractivity contribution < 1.29 is 36.9 Å². The van der Waals surface area contributed by atoms with Crippen LogP contribution in [0.3, 0.4) is 0 Å². The molecule has 10 heteroatoms. The van der Waals surface area contributed by atoms with Crippen molar-refractivity contribution in [2.75, 3.05) is 31.3 Å². The highest BCUT2D eigenvalue weighted by Crippen LogP contribution is 2.52. The summed E-state index contributed by atoms with van der Waals surface area (Å²) in [6.07, 6.45) is 0. The summed E-state index contributed by atoms with van der Waals surface area (Å²) in [5.74, 6) is -1.83. The van der Waals surface area contributed by atoms with Crippen molar-refractivity contribution in [1.29, 1.82) is 0 Å². The zero-order chi connectivity index (χ0) is 20.4. The predicted octanol–water partition coefficient (Wildman–Crippen LogP) is 2.38. The Kier molecular flexibility index (Phi) is 5.89. The van der Waals surface area contributed by atoms with E-state index in [2.05, 4.69) is 0 Å². The van der Waals surface area contributed by atoms with Crippen molar-refractivity contribution in [3.05, 3.63) is 18.2 Å². The van der Waals surface area contributed by atoms with Gasteiger partial charge in [-0.25, -0.2) is 12.7 Å². The molecule has 2 aromatic rings. The van der Waals surface area contributed by atoms with Crippen LogP contribution in [0.4, 0.5) is 5.88 Å². The number of carbonyl (C=O) groups is 1. The number of carbonyl (C=O) groups excluding carboxylic acids is 1. The fourth-order valence-corrected chi connectivity index (χ4v) is 3.16. The molecule has 1 heterocycles. The van der Waals surface area contributed by atoms with Gasteiger partial charge in [0.1, 0.15) is 17.1 Å². The van der Waals surface area contributed by atoms with Crippen LogP contribution < -0.4 is 18.5 Å². The first kappa shape index (κ1) is 20.4. The minimum Gasteiger partial charge on any atom is -0.502 e. The van der Waals surface area contributed by atoms with E-state index in [1.165, 1.54) is 28.2 Å². The molecule has 27 heavy (non-hydrogen) atoms. The molecule has 148 valence electrons. The Bertz CT molecular complexity index is 926. The van der Waals surface area contributed by atoms with Gasteiger partial charge in [-0.2, -0.15) is 0 Å². The molecule has 0 radical (unpaired) electrons. The van der Waals surface area contributed by atoms with Crippen molar-refractivity contribution in [2.45, 2.75) is 13.8 Å². The van der Waals surface area contributed by atoms with Gasteiger partial charge >= 0.3 is 5.97 Å². The highest BCUT2D eigenvalue weighted by molar-refractivity contribution is 7.92. The maximum absolute atomic E-state index is 12.2. The Morgan fingerprint density at radius 2 is 1.78 bits per heavy atom. The Balaban J connectivity index is 2.80. The van der Waals surface area contributed by atoms with E-state index in [1.807, 2.05) is 0 Å². The van der Waals surface area contributed by atoms with Crippen LogP contribution in [0.15, 0.2) is 22.6 Å². The number of ether oxygens (including phenoxy) is 3. The van der Waals surface area contributed by atoms with Gasteiger partial charge in [0.25, 0.3) is 5.88 Å². The Morgan fingerprint density at radius 3 is 2.22 bits per heavy atom. The molecule has 0 fully saturated rings. The van der Waals surface area contributed by atoms with Crippen LogP contribution in [-0.4, -0.2) is 46.5 Å². The van der Waals surface area contributed by atoms with Crippen molar-refractivity contribution in [1.82, 2.24) is 0 Å². The van der Waals surface area contributed by atoms with E-state index in [9.17, 15) is 18.3 Å². The predicted molar refractivity (Wildman–Crippen MR) is 98.1 cm³/mol. The first-order valence-corrected chi connectivity index (χ1v) is 9.50. The van der Waals surface area contributed by atoms with Gasteiger partial charge in [0.05, 0.1) is 20.0 Å². The van der Waals surface area contributed by atoms with E-state index in [0.29, 0.717) is 11.5 Å². The van der Waals surface area contributed by atoms with E-state index < -0.39 is 27.5 Å². The Morgan fingerprint density at radius 1 is 1.22 bits per heavy atom. The molecule has 1 aromatic heterocycles. The summed E-state index contributed by atoms with van der Waals surface area (Å²) in [7, 11) is 0.311. The average Bonchev–Trinajstić information content (AvgIpc) is 2.95. The number of anilines is 1. The number of nitrogens with zero attached hydrogens (tertiary/aromatic N) is 1. The number of methoxy groups -OCH3 is 2. The maximum atomic E-state index is 12.2. The second kappa shape index (κ2) is 7.78. The minimum atomic E-state index is -3.75. The number of hydrogen-bond donors (Lipinski definition) is 1. The van der Waals surface area contributed by atoms with E-state index in [0.717, 1.165) is 11.2 Å². The minimum absolute atomic E-state index is 0.159. The average molecular weight is 399 g/mol. The summed E-state index contributed by atoms with van der Waals surface area (Å²) in [5, 5.41) is 10.6. The van der Waals surface area contributed by atoms with Crippen LogP contribution in [0.25, 0.3) is 11.3 Å². The molecule has 0 unspecified atom stereocenters. The van der Waals surface area contributed by atoms with Gasteiger partial charge in [-0.1, -0.05) is 6.07 Å². The van der Waals surface area contributed by atoms with E-state index in [1.54, 1.807) is 18.2 Å². The first-order valence-electron chi connectivity index (χ1n) is 7.90. The summed E-state index contributed by atoms with van der Waals surface area (Å²) in [6, 6.07) is 4.89. The second-order valence-corrected chi connectivity index (χ2v) is 7.70. The molecule has 9 nitrogen and oxygen atoms in total. The zero-order valence-electron chi connectivity index (χ0n) is 15.6. The number of aromatic hydroxyl groups is 1. The summed E-state index contributed by atoms with van der Waals surface area (Å²) in [6.45, 7) is 2.57. The quantitative estimate of drug-likeness (QED) is 0.706.